The van der Waals surface area contributed by atoms with Gasteiger partial charge in [-0.3, -0.25) is 14.5 Å². The van der Waals surface area contributed by atoms with Crippen molar-refractivity contribution in [1.29, 1.82) is 0 Å². The Kier molecular flexibility index (Phi) is 8.73. The van der Waals surface area contributed by atoms with Crippen molar-refractivity contribution >= 4 is 81.3 Å². The number of amides is 3. The van der Waals surface area contributed by atoms with Crippen molar-refractivity contribution in [3.05, 3.63) is 81.4 Å². The third kappa shape index (κ3) is 6.30. The van der Waals surface area contributed by atoms with E-state index in [1.54, 1.807) is 31.2 Å². The first-order valence-electron chi connectivity index (χ1n) is 13.5. The van der Waals surface area contributed by atoms with Crippen molar-refractivity contribution in [2.75, 3.05) is 17.2 Å². The average Bonchev–Trinajstić information content (AvgIpc) is 3.68. The monoisotopic (exact) mass is 697 g/mol. The molecule has 17 nitrogen and oxygen atoms in total. The lowest BCUT2D eigenvalue weighted by atomic mass is 10.0. The number of benzene rings is 1. The molecule has 0 unspecified atom stereocenters. The van der Waals surface area contributed by atoms with E-state index in [-0.39, 0.29) is 33.6 Å². The van der Waals surface area contributed by atoms with Gasteiger partial charge >= 0.3 is 18.0 Å². The lowest BCUT2D eigenvalue weighted by molar-refractivity contribution is -0.150. The average molecular weight is 698 g/mol. The SMILES string of the molecule is CC1=NC2=CN(C(=O)O)NN2C(SCC2=C(C(=O)O)N3C(=O)[C@@H](NC(=O)/C(=N\OC(=O)c4ccccc4)c4csc(N)n4)[C@H]3SC2)=C1. The molecule has 6 rings (SSSR count). The number of aliphatic imine (C=N–C) groups is 1. The Hall–Kier alpha value is -5.18. The summed E-state index contributed by atoms with van der Waals surface area (Å²) < 4.78 is 0. The van der Waals surface area contributed by atoms with Crippen molar-refractivity contribution in [2.24, 2.45) is 10.1 Å². The second-order valence-electron chi connectivity index (χ2n) is 9.97. The first kappa shape index (κ1) is 31.8. The maximum Gasteiger partial charge on any atom is 0.427 e. The summed E-state index contributed by atoms with van der Waals surface area (Å²) in [4.78, 5) is 77.5. The highest BCUT2D eigenvalue weighted by Crippen LogP contribution is 2.42. The number of hydrogen-bond acceptors (Lipinski definition) is 15. The van der Waals surface area contributed by atoms with Gasteiger partial charge in [-0.25, -0.2) is 29.4 Å². The summed E-state index contributed by atoms with van der Waals surface area (Å²) in [5.74, 6) is -2.94. The molecule has 20 heteroatoms. The lowest BCUT2D eigenvalue weighted by Crippen LogP contribution is -2.71. The van der Waals surface area contributed by atoms with E-state index in [0.717, 1.165) is 21.2 Å². The van der Waals surface area contributed by atoms with Crippen LogP contribution in [0.2, 0.25) is 0 Å². The van der Waals surface area contributed by atoms with Crippen molar-refractivity contribution < 1.29 is 39.0 Å². The number of fused-ring (bicyclic) bond motifs is 2. The number of carboxylic acids is 1. The van der Waals surface area contributed by atoms with Crippen LogP contribution in [0.1, 0.15) is 23.0 Å². The number of β-lactam (4-membered cyclic amide) rings is 1. The Morgan fingerprint density at radius 3 is 2.68 bits per heavy atom. The van der Waals surface area contributed by atoms with Crippen LogP contribution in [0.15, 0.2) is 80.3 Å². The van der Waals surface area contributed by atoms with Gasteiger partial charge in [0.05, 0.1) is 16.8 Å². The fourth-order valence-electron chi connectivity index (χ4n) is 4.74. The highest BCUT2D eigenvalue weighted by molar-refractivity contribution is 8.03. The molecule has 3 amide bonds. The summed E-state index contributed by atoms with van der Waals surface area (Å²) in [7, 11) is 0. The van der Waals surface area contributed by atoms with Crippen molar-refractivity contribution in [2.45, 2.75) is 18.3 Å². The van der Waals surface area contributed by atoms with Gasteiger partial charge in [0.2, 0.25) is 0 Å². The standard InChI is InChI=1S/C27H23N9O8S3/c1-12-7-17(36-16(29-12)8-34(33-36)27(42)43)45-9-14-10-46-23-19(22(38)35(23)20(14)24(39)40)31-21(37)18(15-11-47-26(28)30-15)32-44-25(41)13-5-3-2-4-6-13/h2-8,11,19,23,33H,9-10H2,1H3,(H2,28,30)(H,31,37)(H,39,40)(H,42,43)/b32-18-/t19-,23-/m1/s1. The molecule has 0 saturated carbocycles. The number of anilines is 1. The van der Waals surface area contributed by atoms with Crippen LogP contribution in [-0.4, -0.2) is 94.3 Å². The molecule has 47 heavy (non-hydrogen) atoms. The number of allylic oxidation sites excluding steroid dienone is 1. The zero-order chi connectivity index (χ0) is 33.4. The van der Waals surface area contributed by atoms with Gasteiger partial charge in [-0.1, -0.05) is 23.4 Å². The second-order valence-corrected chi connectivity index (χ2v) is 13.0. The van der Waals surface area contributed by atoms with Crippen molar-refractivity contribution in [1.82, 2.24) is 30.8 Å². The van der Waals surface area contributed by atoms with Gasteiger partial charge in [0.25, 0.3) is 11.8 Å². The number of oxime groups is 1. The number of hydrazine groups is 2. The number of thiazole rings is 1. The Bertz CT molecular complexity index is 1860. The van der Waals surface area contributed by atoms with E-state index < -0.39 is 47.0 Å². The molecule has 0 bridgehead atoms. The van der Waals surface area contributed by atoms with Crippen LogP contribution in [-0.2, 0) is 19.2 Å². The fraction of sp³-hybridized carbons (Fsp3) is 0.185. The molecule has 2 aromatic rings. The van der Waals surface area contributed by atoms with Gasteiger partial charge in [0.15, 0.2) is 16.7 Å². The molecule has 5 heterocycles. The number of nitrogens with zero attached hydrogens (tertiary/aromatic N) is 6. The number of carbonyl (C=O) groups excluding carboxylic acids is 3. The predicted octanol–water partition coefficient (Wildman–Crippen LogP) is 1.59. The molecular weight excluding hydrogens is 675 g/mol. The van der Waals surface area contributed by atoms with Crippen LogP contribution in [0.5, 0.6) is 0 Å². The van der Waals surface area contributed by atoms with E-state index in [1.807, 2.05) is 0 Å². The van der Waals surface area contributed by atoms with Gasteiger partial charge in [0, 0.05) is 22.6 Å². The Labute approximate surface area is 277 Å². The van der Waals surface area contributed by atoms with Gasteiger partial charge in [0.1, 0.15) is 22.8 Å². The third-order valence-corrected chi connectivity index (χ3v) is 9.97. The summed E-state index contributed by atoms with van der Waals surface area (Å²) in [6.07, 6.45) is 1.78. The minimum atomic E-state index is -1.32. The van der Waals surface area contributed by atoms with Crippen LogP contribution >= 0.6 is 34.9 Å². The van der Waals surface area contributed by atoms with Crippen LogP contribution < -0.4 is 16.6 Å². The molecule has 4 aliphatic rings. The number of nitrogens with two attached hydrogens (primary N) is 1. The second kappa shape index (κ2) is 12.9. The molecule has 242 valence electrons. The number of nitrogen functional groups attached to an aromatic ring is 1. The molecule has 1 aromatic carbocycles. The zero-order valence-corrected chi connectivity index (χ0v) is 26.5. The normalized spacial score (nSPS) is 20.4. The highest BCUT2D eigenvalue weighted by atomic mass is 32.2. The van der Waals surface area contributed by atoms with Crippen molar-refractivity contribution in [3.8, 4) is 0 Å². The quantitative estimate of drug-likeness (QED) is 0.108. The summed E-state index contributed by atoms with van der Waals surface area (Å²) in [5.41, 5.74) is 9.09. The summed E-state index contributed by atoms with van der Waals surface area (Å²) in [6.45, 7) is 1.74. The maximum atomic E-state index is 13.4. The summed E-state index contributed by atoms with van der Waals surface area (Å²) in [6, 6.07) is 6.88. The van der Waals surface area contributed by atoms with E-state index in [4.69, 9.17) is 10.6 Å². The number of aliphatic carboxylic acids is 1. The number of nitrogens with one attached hydrogen (secondary N) is 2. The molecule has 4 aliphatic heterocycles. The van der Waals surface area contributed by atoms with E-state index in [9.17, 15) is 34.2 Å². The first-order chi connectivity index (χ1) is 22.5. The Morgan fingerprint density at radius 1 is 1.23 bits per heavy atom. The number of aromatic nitrogens is 1. The lowest BCUT2D eigenvalue weighted by Gasteiger charge is -2.49. The number of carboxylic acid groups (broad SMARTS) is 2. The van der Waals surface area contributed by atoms with E-state index in [1.165, 1.54) is 52.2 Å². The number of thioether (sulfide) groups is 2. The first-order valence-corrected chi connectivity index (χ1v) is 16.4. The zero-order valence-electron chi connectivity index (χ0n) is 24.0. The van der Waals surface area contributed by atoms with Crippen LogP contribution in [0, 0.1) is 0 Å². The van der Waals surface area contributed by atoms with Crippen LogP contribution in [0.25, 0.3) is 0 Å². The van der Waals surface area contributed by atoms with E-state index >= 15 is 0 Å². The maximum absolute atomic E-state index is 13.4. The summed E-state index contributed by atoms with van der Waals surface area (Å²) >= 11 is 3.52. The molecule has 1 saturated heterocycles. The molecule has 2 atom stereocenters. The third-order valence-electron chi connectivity index (χ3n) is 6.87. The molecule has 0 aliphatic carbocycles. The molecule has 0 radical (unpaired) electrons. The summed E-state index contributed by atoms with van der Waals surface area (Å²) in [5, 5.41) is 29.5. The van der Waals surface area contributed by atoms with Gasteiger partial charge in [-0.2, -0.15) is 5.01 Å². The largest absolute Gasteiger partial charge is 0.477 e. The van der Waals surface area contributed by atoms with E-state index in [2.05, 4.69) is 26.0 Å². The van der Waals surface area contributed by atoms with Crippen LogP contribution in [0.3, 0.4) is 0 Å². The number of rotatable bonds is 9. The predicted molar refractivity (Wildman–Crippen MR) is 171 cm³/mol. The molecule has 0 spiro atoms. The Balaban J connectivity index is 1.16. The molecule has 1 fully saturated rings. The van der Waals surface area contributed by atoms with Gasteiger partial charge in [-0.05, 0) is 30.7 Å². The molecule has 6 N–H and O–H groups in total. The number of hydrogen-bond donors (Lipinski definition) is 5. The smallest absolute Gasteiger partial charge is 0.427 e. The minimum absolute atomic E-state index is 0.0190. The fourth-order valence-corrected chi connectivity index (χ4v) is 7.84. The van der Waals surface area contributed by atoms with Gasteiger partial charge < -0.3 is 26.1 Å². The van der Waals surface area contributed by atoms with Gasteiger partial charge in [-0.15, -0.1) is 40.4 Å². The molecule has 1 aromatic heterocycles. The number of carbonyl (C=O) groups is 5. The highest BCUT2D eigenvalue weighted by Gasteiger charge is 2.54. The molecular formula is C27H23N9O8S3. The minimum Gasteiger partial charge on any atom is -0.477 e. The van der Waals surface area contributed by atoms with E-state index in [0.29, 0.717) is 22.1 Å². The van der Waals surface area contributed by atoms with Crippen molar-refractivity contribution in [3.63, 3.8) is 0 Å². The Morgan fingerprint density at radius 2 is 2.00 bits per heavy atom. The topological polar surface area (TPSA) is 232 Å². The van der Waals surface area contributed by atoms with Crippen LogP contribution in [0.4, 0.5) is 9.93 Å².